The van der Waals surface area contributed by atoms with Crippen LogP contribution in [0.25, 0.3) is 0 Å². The third-order valence-electron chi connectivity index (χ3n) is 5.72. The zero-order chi connectivity index (χ0) is 16.7. The smallest absolute Gasteiger partial charge is 0.245 e. The molecule has 2 fully saturated rings. The van der Waals surface area contributed by atoms with Gasteiger partial charge in [0.15, 0.2) is 0 Å². The highest BCUT2D eigenvalue weighted by molar-refractivity contribution is 6.00. The molecule has 3 atom stereocenters. The summed E-state index contributed by atoms with van der Waals surface area (Å²) < 4.78 is 23.4. The fraction of sp³-hybridized carbons (Fsp3) is 0.526. The zero-order valence-corrected chi connectivity index (χ0v) is 13.8. The highest BCUT2D eigenvalue weighted by Crippen LogP contribution is 2.64. The summed E-state index contributed by atoms with van der Waals surface area (Å²) in [5, 5.41) is 0. The van der Waals surface area contributed by atoms with E-state index in [1.807, 2.05) is 36.4 Å². The molecule has 24 heavy (non-hydrogen) atoms. The largest absolute Gasteiger partial charge is 0.351 e. The van der Waals surface area contributed by atoms with Gasteiger partial charge in [0.1, 0.15) is 12.4 Å². The molecule has 0 radical (unpaired) electrons. The number of rotatable bonds is 6. The monoisotopic (exact) mass is 330 g/mol. The SMILES string of the molecule is CO[C@]12OC[C@]3(OCOCc4ccccc4)CCC[C@@]31C=CC2=O. The molecule has 3 aliphatic rings. The Bertz CT molecular complexity index is 657. The lowest BCUT2D eigenvalue weighted by atomic mass is 9.72. The molecule has 2 aliphatic carbocycles. The van der Waals surface area contributed by atoms with Gasteiger partial charge in [-0.3, -0.25) is 4.79 Å². The van der Waals surface area contributed by atoms with Gasteiger partial charge >= 0.3 is 0 Å². The summed E-state index contributed by atoms with van der Waals surface area (Å²) in [4.78, 5) is 12.4. The lowest BCUT2D eigenvalue weighted by Crippen LogP contribution is -2.55. The maximum atomic E-state index is 12.4. The van der Waals surface area contributed by atoms with Gasteiger partial charge in [-0.1, -0.05) is 36.4 Å². The van der Waals surface area contributed by atoms with Crippen molar-refractivity contribution < 1.29 is 23.7 Å². The maximum absolute atomic E-state index is 12.4. The van der Waals surface area contributed by atoms with Gasteiger partial charge in [0.05, 0.1) is 18.6 Å². The minimum absolute atomic E-state index is 0.123. The molecule has 0 N–H and O–H groups in total. The minimum atomic E-state index is -1.22. The second kappa shape index (κ2) is 5.77. The van der Waals surface area contributed by atoms with Crippen molar-refractivity contribution in [1.29, 1.82) is 0 Å². The van der Waals surface area contributed by atoms with Crippen molar-refractivity contribution in [3.63, 3.8) is 0 Å². The van der Waals surface area contributed by atoms with Crippen molar-refractivity contribution in [2.75, 3.05) is 20.5 Å². The van der Waals surface area contributed by atoms with Crippen LogP contribution in [0.2, 0.25) is 0 Å². The molecule has 1 saturated carbocycles. The van der Waals surface area contributed by atoms with Crippen molar-refractivity contribution in [3.8, 4) is 0 Å². The van der Waals surface area contributed by atoms with Crippen molar-refractivity contribution in [1.82, 2.24) is 0 Å². The van der Waals surface area contributed by atoms with E-state index in [2.05, 4.69) is 0 Å². The summed E-state index contributed by atoms with van der Waals surface area (Å²) in [5.74, 6) is -1.34. The molecule has 128 valence electrons. The quantitative estimate of drug-likeness (QED) is 0.593. The van der Waals surface area contributed by atoms with Crippen LogP contribution in [0.1, 0.15) is 24.8 Å². The van der Waals surface area contributed by atoms with Crippen LogP contribution in [-0.2, 0) is 30.3 Å². The average molecular weight is 330 g/mol. The van der Waals surface area contributed by atoms with Crippen molar-refractivity contribution in [2.45, 2.75) is 37.3 Å². The van der Waals surface area contributed by atoms with E-state index in [0.29, 0.717) is 13.2 Å². The molecule has 0 amide bonds. The Kier molecular flexibility index (Phi) is 3.84. The maximum Gasteiger partial charge on any atom is 0.245 e. The van der Waals surface area contributed by atoms with Crippen molar-refractivity contribution >= 4 is 5.78 Å². The van der Waals surface area contributed by atoms with Gasteiger partial charge in [-0.15, -0.1) is 0 Å². The summed E-state index contributed by atoms with van der Waals surface area (Å²) >= 11 is 0. The highest BCUT2D eigenvalue weighted by atomic mass is 16.7. The Labute approximate surface area is 141 Å². The van der Waals surface area contributed by atoms with E-state index in [1.165, 1.54) is 7.11 Å². The van der Waals surface area contributed by atoms with Crippen LogP contribution in [0.5, 0.6) is 0 Å². The van der Waals surface area contributed by atoms with E-state index < -0.39 is 16.8 Å². The van der Waals surface area contributed by atoms with Crippen LogP contribution in [0, 0.1) is 5.41 Å². The first-order valence-electron chi connectivity index (χ1n) is 8.37. The van der Waals surface area contributed by atoms with Crippen LogP contribution in [-0.4, -0.2) is 37.7 Å². The third kappa shape index (κ3) is 1.99. The first-order valence-corrected chi connectivity index (χ1v) is 8.37. The molecule has 1 aromatic rings. The van der Waals surface area contributed by atoms with Crippen molar-refractivity contribution in [3.05, 3.63) is 48.0 Å². The van der Waals surface area contributed by atoms with Crippen LogP contribution in [0.15, 0.2) is 42.5 Å². The van der Waals surface area contributed by atoms with E-state index in [0.717, 1.165) is 24.8 Å². The Balaban J connectivity index is 1.47. The summed E-state index contributed by atoms with van der Waals surface area (Å²) in [6.07, 6.45) is 6.16. The van der Waals surface area contributed by atoms with Gasteiger partial charge in [-0.2, -0.15) is 0 Å². The average Bonchev–Trinajstić information content (AvgIpc) is 3.19. The van der Waals surface area contributed by atoms with E-state index in [-0.39, 0.29) is 12.6 Å². The highest BCUT2D eigenvalue weighted by Gasteiger charge is 2.76. The number of hydrogen-bond acceptors (Lipinski definition) is 5. The van der Waals surface area contributed by atoms with Gasteiger partial charge in [0, 0.05) is 7.11 Å². The van der Waals surface area contributed by atoms with Crippen LogP contribution >= 0.6 is 0 Å². The summed E-state index contributed by atoms with van der Waals surface area (Å²) in [5.41, 5.74) is 0.00851. The Hall–Kier alpha value is -1.53. The van der Waals surface area contributed by atoms with E-state index in [1.54, 1.807) is 6.08 Å². The number of methoxy groups -OCH3 is 1. The lowest BCUT2D eigenvalue weighted by Gasteiger charge is -2.40. The van der Waals surface area contributed by atoms with Crippen LogP contribution in [0.4, 0.5) is 0 Å². The first-order chi connectivity index (χ1) is 11.7. The molecule has 1 aliphatic heterocycles. The minimum Gasteiger partial charge on any atom is -0.351 e. The first kappa shape index (κ1) is 16.0. The lowest BCUT2D eigenvalue weighted by molar-refractivity contribution is -0.225. The van der Waals surface area contributed by atoms with E-state index >= 15 is 0 Å². The van der Waals surface area contributed by atoms with E-state index in [9.17, 15) is 4.79 Å². The number of ketones is 1. The van der Waals surface area contributed by atoms with Crippen LogP contribution in [0.3, 0.4) is 0 Å². The predicted octanol–water partition coefficient (Wildman–Crippen LogP) is 2.60. The summed E-state index contributed by atoms with van der Waals surface area (Å²) in [7, 11) is 1.53. The molecule has 0 aromatic heterocycles. The normalized spacial score (nSPS) is 37.0. The van der Waals surface area contributed by atoms with Crippen molar-refractivity contribution in [2.24, 2.45) is 5.41 Å². The Morgan fingerprint density at radius 3 is 2.83 bits per heavy atom. The molecule has 0 unspecified atom stereocenters. The molecule has 1 aromatic carbocycles. The van der Waals surface area contributed by atoms with Gasteiger partial charge in [-0.25, -0.2) is 0 Å². The number of carbonyl (C=O) groups is 1. The Morgan fingerprint density at radius 1 is 1.21 bits per heavy atom. The molecule has 5 nitrogen and oxygen atoms in total. The third-order valence-corrected chi connectivity index (χ3v) is 5.72. The van der Waals surface area contributed by atoms with Crippen LogP contribution < -0.4 is 0 Å². The van der Waals surface area contributed by atoms with Gasteiger partial charge in [0.2, 0.25) is 11.6 Å². The zero-order valence-electron chi connectivity index (χ0n) is 13.8. The number of hydrogen-bond donors (Lipinski definition) is 0. The molecule has 5 heteroatoms. The topological polar surface area (TPSA) is 54.0 Å². The molecule has 1 heterocycles. The van der Waals surface area contributed by atoms with Gasteiger partial charge in [-0.05, 0) is 30.9 Å². The second-order valence-corrected chi connectivity index (χ2v) is 6.72. The molecular formula is C19H22O5. The molecular weight excluding hydrogens is 308 g/mol. The number of carbonyl (C=O) groups excluding carboxylic acids is 1. The summed E-state index contributed by atoms with van der Waals surface area (Å²) in [6, 6.07) is 9.98. The van der Waals surface area contributed by atoms with Gasteiger partial charge < -0.3 is 18.9 Å². The molecule has 4 rings (SSSR count). The van der Waals surface area contributed by atoms with E-state index in [4.69, 9.17) is 18.9 Å². The second-order valence-electron chi connectivity index (χ2n) is 6.72. The van der Waals surface area contributed by atoms with Gasteiger partial charge in [0.25, 0.3) is 0 Å². The molecule has 1 spiro atoms. The number of ether oxygens (including phenoxy) is 4. The predicted molar refractivity (Wildman–Crippen MR) is 86.0 cm³/mol. The number of benzene rings is 1. The fourth-order valence-corrected chi connectivity index (χ4v) is 4.55. The molecule has 0 bridgehead atoms. The Morgan fingerprint density at radius 2 is 2.04 bits per heavy atom. The standard InChI is InChI=1S/C19H22O5/c1-21-19-16(20)8-11-17(19)9-5-10-18(17,13-23-19)24-14-22-12-15-6-3-2-4-7-15/h2-4,6-8,11H,5,9-10,12-14H2,1H3/t17-,18-,19-/m1/s1. The fourth-order valence-electron chi connectivity index (χ4n) is 4.55. The summed E-state index contributed by atoms with van der Waals surface area (Å²) in [6.45, 7) is 1.02. The molecule has 1 saturated heterocycles.